The van der Waals surface area contributed by atoms with Crippen molar-refractivity contribution in [3.05, 3.63) is 46.1 Å². The Labute approximate surface area is 155 Å². The second-order valence-corrected chi connectivity index (χ2v) is 6.95. The Morgan fingerprint density at radius 1 is 1.37 bits per heavy atom. The molecule has 8 heteroatoms. The van der Waals surface area contributed by atoms with E-state index in [0.717, 1.165) is 6.42 Å². The van der Waals surface area contributed by atoms with Gasteiger partial charge in [-0.1, -0.05) is 6.07 Å². The summed E-state index contributed by atoms with van der Waals surface area (Å²) in [6.07, 6.45) is 3.39. The van der Waals surface area contributed by atoms with Gasteiger partial charge in [0.15, 0.2) is 0 Å². The largest absolute Gasteiger partial charge is 0.490 e. The van der Waals surface area contributed by atoms with Gasteiger partial charge >= 0.3 is 11.7 Å². The number of ether oxygens (including phenoxy) is 2. The van der Waals surface area contributed by atoms with Crippen LogP contribution < -0.4 is 10.4 Å². The average Bonchev–Trinajstić information content (AvgIpc) is 3.00. The molecule has 1 aromatic carbocycles. The fraction of sp³-hybridized carbons (Fsp3) is 0.474. The monoisotopic (exact) mass is 368 g/mol. The summed E-state index contributed by atoms with van der Waals surface area (Å²) < 4.78 is 13.7. The molecule has 1 atom stereocenters. The quantitative estimate of drug-likeness (QED) is 0.763. The molecule has 2 aliphatic rings. The summed E-state index contributed by atoms with van der Waals surface area (Å²) in [4.78, 5) is 24.8. The van der Waals surface area contributed by atoms with Gasteiger partial charge in [0.2, 0.25) is 0 Å². The number of aryl methyl sites for hydroxylation is 1. The minimum absolute atomic E-state index is 0.0222. The van der Waals surface area contributed by atoms with Crippen LogP contribution in [0.4, 0.5) is 0 Å². The Kier molecular flexibility index (Phi) is 4.44. The van der Waals surface area contributed by atoms with Gasteiger partial charge in [-0.3, -0.25) is 4.57 Å². The number of carbonyl (C=O) groups excluding carboxylic acids is 1. The number of fused-ring (bicyclic) bond motifs is 1. The lowest BCUT2D eigenvalue weighted by molar-refractivity contribution is -0.145. The Morgan fingerprint density at radius 2 is 2.19 bits per heavy atom. The van der Waals surface area contributed by atoms with Crippen LogP contribution in [0.5, 0.6) is 5.75 Å². The van der Waals surface area contributed by atoms with Crippen molar-refractivity contribution >= 4 is 5.97 Å². The highest BCUT2D eigenvalue weighted by Gasteiger charge is 2.38. The smallest absolute Gasteiger partial charge is 0.347 e. The first kappa shape index (κ1) is 17.3. The number of hydrogen-bond donors (Lipinski definition) is 0. The number of nitrogens with zero attached hydrogens (tertiary/aromatic N) is 4. The highest BCUT2D eigenvalue weighted by molar-refractivity contribution is 5.74. The molecule has 1 saturated carbocycles. The molecular formula is C19H20N4O4. The summed E-state index contributed by atoms with van der Waals surface area (Å²) in [5.74, 6) is 0.900. The first-order valence-corrected chi connectivity index (χ1v) is 9.05. The fourth-order valence-corrected chi connectivity index (χ4v) is 3.76. The predicted molar refractivity (Wildman–Crippen MR) is 94.3 cm³/mol. The van der Waals surface area contributed by atoms with E-state index < -0.39 is 12.0 Å². The van der Waals surface area contributed by atoms with E-state index in [1.165, 1.54) is 16.4 Å². The molecule has 0 bridgehead atoms. The molecule has 0 amide bonds. The van der Waals surface area contributed by atoms with Gasteiger partial charge in [-0.05, 0) is 31.0 Å². The maximum absolute atomic E-state index is 12.8. The molecule has 1 aromatic heterocycles. The van der Waals surface area contributed by atoms with Gasteiger partial charge in [0, 0.05) is 19.3 Å². The van der Waals surface area contributed by atoms with Gasteiger partial charge in [0.05, 0.1) is 24.8 Å². The van der Waals surface area contributed by atoms with Crippen LogP contribution in [0.25, 0.3) is 0 Å². The zero-order chi connectivity index (χ0) is 19.0. The number of rotatable bonds is 4. The first-order valence-electron chi connectivity index (χ1n) is 9.05. The van der Waals surface area contributed by atoms with E-state index in [1.54, 1.807) is 18.2 Å². The van der Waals surface area contributed by atoms with Gasteiger partial charge in [0.1, 0.15) is 23.7 Å². The third kappa shape index (κ3) is 3.10. The van der Waals surface area contributed by atoms with E-state index in [0.29, 0.717) is 42.8 Å². The van der Waals surface area contributed by atoms with Crippen LogP contribution in [0.15, 0.2) is 29.1 Å². The third-order valence-corrected chi connectivity index (χ3v) is 5.25. The second-order valence-electron chi connectivity index (χ2n) is 6.95. The summed E-state index contributed by atoms with van der Waals surface area (Å²) in [6.45, 7) is 0. The van der Waals surface area contributed by atoms with Gasteiger partial charge in [-0.25, -0.2) is 14.3 Å². The molecule has 140 valence electrons. The first-order chi connectivity index (χ1) is 13.1. The predicted octanol–water partition coefficient (Wildman–Crippen LogP) is 1.75. The van der Waals surface area contributed by atoms with Crippen LogP contribution >= 0.6 is 0 Å². The van der Waals surface area contributed by atoms with Crippen molar-refractivity contribution in [2.75, 3.05) is 7.11 Å². The number of esters is 1. The number of aromatic nitrogens is 3. The molecule has 4 rings (SSSR count). The average molecular weight is 368 g/mol. The molecule has 0 radical (unpaired) electrons. The number of hydrogen-bond acceptors (Lipinski definition) is 6. The van der Waals surface area contributed by atoms with Crippen LogP contribution in [0.2, 0.25) is 0 Å². The van der Waals surface area contributed by atoms with Crippen molar-refractivity contribution in [1.82, 2.24) is 14.3 Å². The lowest BCUT2D eigenvalue weighted by Gasteiger charge is -2.34. The van der Waals surface area contributed by atoms with Gasteiger partial charge in [0.25, 0.3) is 0 Å². The van der Waals surface area contributed by atoms with Crippen molar-refractivity contribution in [2.24, 2.45) is 0 Å². The number of carbonyl (C=O) groups is 1. The zero-order valence-electron chi connectivity index (χ0n) is 15.0. The molecule has 0 unspecified atom stereocenters. The van der Waals surface area contributed by atoms with Crippen LogP contribution in [-0.4, -0.2) is 33.5 Å². The van der Waals surface area contributed by atoms with E-state index in [1.807, 2.05) is 6.07 Å². The SMILES string of the molecule is COC(=O)[C@@H]1CCCc2nn(C3CC(Oc4cccc(C#N)c4)C3)c(=O)n21. The van der Waals surface area contributed by atoms with E-state index in [4.69, 9.17) is 14.7 Å². The third-order valence-electron chi connectivity index (χ3n) is 5.25. The molecule has 0 saturated heterocycles. The molecule has 1 fully saturated rings. The number of nitriles is 1. The lowest BCUT2D eigenvalue weighted by atomic mass is 9.89. The van der Waals surface area contributed by atoms with E-state index in [2.05, 4.69) is 11.2 Å². The molecule has 2 aromatic rings. The number of methoxy groups -OCH3 is 1. The molecule has 0 spiro atoms. The Hall–Kier alpha value is -3.08. The lowest BCUT2D eigenvalue weighted by Crippen LogP contribution is -2.42. The van der Waals surface area contributed by atoms with Crippen molar-refractivity contribution in [2.45, 2.75) is 50.3 Å². The topological polar surface area (TPSA) is 99.1 Å². The second kappa shape index (κ2) is 6.91. The molecule has 1 aliphatic heterocycles. The zero-order valence-corrected chi connectivity index (χ0v) is 15.0. The van der Waals surface area contributed by atoms with Crippen LogP contribution in [0.1, 0.15) is 49.2 Å². The Bertz CT molecular complexity index is 965. The standard InChI is InChI=1S/C19H20N4O4/c1-26-18(24)16-6-3-7-17-21-23(19(25)22(16)17)13-9-15(10-13)27-14-5-2-4-12(8-14)11-20/h2,4-5,8,13,15-16H,3,6-7,9-10H2,1H3/t13?,15?,16-/m0/s1. The summed E-state index contributed by atoms with van der Waals surface area (Å²) in [7, 11) is 1.33. The normalized spacial score (nSPS) is 23.6. The highest BCUT2D eigenvalue weighted by Crippen LogP contribution is 2.35. The Balaban J connectivity index is 1.47. The summed E-state index contributed by atoms with van der Waals surface area (Å²) in [5.41, 5.74) is 0.297. The molecule has 1 aliphatic carbocycles. The minimum Gasteiger partial charge on any atom is -0.490 e. The van der Waals surface area contributed by atoms with Crippen molar-refractivity contribution in [3.63, 3.8) is 0 Å². The van der Waals surface area contributed by atoms with Crippen LogP contribution in [-0.2, 0) is 16.0 Å². The Morgan fingerprint density at radius 3 is 2.93 bits per heavy atom. The van der Waals surface area contributed by atoms with E-state index >= 15 is 0 Å². The summed E-state index contributed by atoms with van der Waals surface area (Å²) >= 11 is 0. The summed E-state index contributed by atoms with van der Waals surface area (Å²) in [6, 6.07) is 8.49. The maximum Gasteiger partial charge on any atom is 0.347 e. The van der Waals surface area contributed by atoms with Crippen molar-refractivity contribution < 1.29 is 14.3 Å². The fourth-order valence-electron chi connectivity index (χ4n) is 3.76. The van der Waals surface area contributed by atoms with Crippen molar-refractivity contribution in [1.29, 1.82) is 5.26 Å². The van der Waals surface area contributed by atoms with Crippen LogP contribution in [0, 0.1) is 11.3 Å². The van der Waals surface area contributed by atoms with E-state index in [-0.39, 0.29) is 17.8 Å². The summed E-state index contributed by atoms with van der Waals surface area (Å²) in [5, 5.41) is 13.4. The molecule has 27 heavy (non-hydrogen) atoms. The molecule has 0 N–H and O–H groups in total. The molecule has 2 heterocycles. The minimum atomic E-state index is -0.583. The number of benzene rings is 1. The highest BCUT2D eigenvalue weighted by atomic mass is 16.5. The molecular weight excluding hydrogens is 348 g/mol. The molecule has 8 nitrogen and oxygen atoms in total. The van der Waals surface area contributed by atoms with Gasteiger partial charge in [-0.15, -0.1) is 0 Å². The van der Waals surface area contributed by atoms with E-state index in [9.17, 15) is 9.59 Å². The van der Waals surface area contributed by atoms with Crippen LogP contribution in [0.3, 0.4) is 0 Å². The maximum atomic E-state index is 12.8. The van der Waals surface area contributed by atoms with Gasteiger partial charge < -0.3 is 9.47 Å². The van der Waals surface area contributed by atoms with Crippen molar-refractivity contribution in [3.8, 4) is 11.8 Å². The van der Waals surface area contributed by atoms with Gasteiger partial charge in [-0.2, -0.15) is 10.4 Å².